The number of carbonyl (C=O) groups is 1. The minimum absolute atomic E-state index is 0.233. The summed E-state index contributed by atoms with van der Waals surface area (Å²) in [5.41, 5.74) is 1.94. The number of fused-ring (bicyclic) bond motifs is 1. The molecule has 2 rings (SSSR count). The summed E-state index contributed by atoms with van der Waals surface area (Å²) in [5, 5.41) is 13.7. The molecule has 0 aromatic carbocycles. The summed E-state index contributed by atoms with van der Waals surface area (Å²) in [5.74, 6) is -0.965. The van der Waals surface area contributed by atoms with Crippen LogP contribution in [-0.2, 0) is 12.8 Å². The zero-order valence-corrected chi connectivity index (χ0v) is 9.86. The van der Waals surface area contributed by atoms with Crippen molar-refractivity contribution in [1.29, 1.82) is 0 Å². The second kappa shape index (κ2) is 4.53. The first-order chi connectivity index (χ1) is 8.17. The van der Waals surface area contributed by atoms with E-state index < -0.39 is 5.97 Å². The Balaban J connectivity index is 2.71. The van der Waals surface area contributed by atoms with Gasteiger partial charge in [0.15, 0.2) is 0 Å². The first kappa shape index (κ1) is 11.6. The highest BCUT2D eigenvalue weighted by Gasteiger charge is 2.18. The van der Waals surface area contributed by atoms with Gasteiger partial charge in [0, 0.05) is 5.69 Å². The van der Waals surface area contributed by atoms with E-state index in [9.17, 15) is 9.90 Å². The van der Waals surface area contributed by atoms with Crippen molar-refractivity contribution in [3.8, 4) is 0 Å². The molecule has 5 heteroatoms. The summed E-state index contributed by atoms with van der Waals surface area (Å²) < 4.78 is 5.11. The van der Waals surface area contributed by atoms with Crippen LogP contribution in [0.4, 0.5) is 0 Å². The lowest BCUT2D eigenvalue weighted by Gasteiger charge is -2.01. The lowest BCUT2D eigenvalue weighted by Crippen LogP contribution is -2.02. The molecule has 2 aromatic heterocycles. The lowest BCUT2D eigenvalue weighted by molar-refractivity contribution is 0.0698. The third-order valence-electron chi connectivity index (χ3n) is 2.65. The van der Waals surface area contributed by atoms with Gasteiger partial charge in [0.1, 0.15) is 0 Å². The standard InChI is InChI=1S/C12H14N2O3/c1-3-5-9-10-8(12(15)16)6-7(4-2)13-11(10)17-14-9/h6H,3-5H2,1-2H3,(H,15,16). The number of carboxylic acid groups (broad SMARTS) is 1. The van der Waals surface area contributed by atoms with Gasteiger partial charge in [0.25, 0.3) is 5.71 Å². The van der Waals surface area contributed by atoms with Crippen LogP contribution in [0.1, 0.15) is 42.0 Å². The number of carboxylic acids is 1. The summed E-state index contributed by atoms with van der Waals surface area (Å²) in [6, 6.07) is 1.60. The average molecular weight is 234 g/mol. The van der Waals surface area contributed by atoms with Gasteiger partial charge in [0.2, 0.25) is 0 Å². The Hall–Kier alpha value is -1.91. The molecule has 1 N–H and O–H groups in total. The molecule has 0 atom stereocenters. The predicted octanol–water partition coefficient (Wildman–Crippen LogP) is 2.44. The van der Waals surface area contributed by atoms with Gasteiger partial charge in [-0.15, -0.1) is 0 Å². The molecule has 0 bridgehead atoms. The van der Waals surface area contributed by atoms with Crippen LogP contribution in [0.25, 0.3) is 11.1 Å². The van der Waals surface area contributed by atoms with Crippen LogP contribution < -0.4 is 0 Å². The van der Waals surface area contributed by atoms with Crippen molar-refractivity contribution in [2.24, 2.45) is 0 Å². The van der Waals surface area contributed by atoms with Crippen molar-refractivity contribution < 1.29 is 14.4 Å². The summed E-state index contributed by atoms with van der Waals surface area (Å²) in [6.07, 6.45) is 2.25. The van der Waals surface area contributed by atoms with E-state index in [2.05, 4.69) is 10.1 Å². The normalized spacial score (nSPS) is 10.9. The Kier molecular flexibility index (Phi) is 3.08. The van der Waals surface area contributed by atoms with Gasteiger partial charge in [-0.25, -0.2) is 9.78 Å². The van der Waals surface area contributed by atoms with Crippen LogP contribution >= 0.6 is 0 Å². The van der Waals surface area contributed by atoms with Crippen molar-refractivity contribution >= 4 is 17.1 Å². The van der Waals surface area contributed by atoms with Crippen LogP contribution in [0, 0.1) is 0 Å². The van der Waals surface area contributed by atoms with E-state index in [4.69, 9.17) is 4.52 Å². The number of hydrogen-bond acceptors (Lipinski definition) is 4. The van der Waals surface area contributed by atoms with Crippen molar-refractivity contribution in [1.82, 2.24) is 10.1 Å². The summed E-state index contributed by atoms with van der Waals surface area (Å²) in [7, 11) is 0. The first-order valence-corrected chi connectivity index (χ1v) is 5.68. The molecule has 2 heterocycles. The molecule has 5 nitrogen and oxygen atoms in total. The van der Waals surface area contributed by atoms with E-state index in [0.717, 1.165) is 6.42 Å². The molecule has 0 aliphatic rings. The van der Waals surface area contributed by atoms with E-state index in [1.165, 1.54) is 0 Å². The molecule has 0 aliphatic carbocycles. The second-order valence-corrected chi connectivity index (χ2v) is 3.88. The number of nitrogens with zero attached hydrogens (tertiary/aromatic N) is 2. The maximum absolute atomic E-state index is 11.2. The fraction of sp³-hybridized carbons (Fsp3) is 0.417. The topological polar surface area (TPSA) is 76.2 Å². The van der Waals surface area contributed by atoms with E-state index in [-0.39, 0.29) is 5.56 Å². The molecule has 2 aromatic rings. The third-order valence-corrected chi connectivity index (χ3v) is 2.65. The Labute approximate surface area is 98.4 Å². The Morgan fingerprint density at radius 2 is 2.24 bits per heavy atom. The molecule has 90 valence electrons. The van der Waals surface area contributed by atoms with Gasteiger partial charge in [-0.1, -0.05) is 25.4 Å². The third kappa shape index (κ3) is 2.00. The van der Waals surface area contributed by atoms with Gasteiger partial charge in [-0.3, -0.25) is 0 Å². The lowest BCUT2D eigenvalue weighted by atomic mass is 10.1. The number of aromatic nitrogens is 2. The zero-order chi connectivity index (χ0) is 12.4. The molecule has 0 saturated carbocycles. The van der Waals surface area contributed by atoms with Gasteiger partial charge in [-0.05, 0) is 18.9 Å². The summed E-state index contributed by atoms with van der Waals surface area (Å²) in [6.45, 7) is 3.93. The smallest absolute Gasteiger partial charge is 0.336 e. The number of aryl methyl sites for hydroxylation is 2. The Bertz CT molecular complexity index is 560. The largest absolute Gasteiger partial charge is 0.478 e. The SMILES string of the molecule is CCCc1noc2nc(CC)cc(C(=O)O)c12. The second-order valence-electron chi connectivity index (χ2n) is 3.88. The average Bonchev–Trinajstić information content (AvgIpc) is 2.71. The van der Waals surface area contributed by atoms with Crippen LogP contribution in [0.2, 0.25) is 0 Å². The molecule has 0 fully saturated rings. The summed E-state index contributed by atoms with van der Waals surface area (Å²) >= 11 is 0. The first-order valence-electron chi connectivity index (χ1n) is 5.68. The predicted molar refractivity (Wildman–Crippen MR) is 62.1 cm³/mol. The molecule has 0 spiro atoms. The monoisotopic (exact) mass is 234 g/mol. The minimum atomic E-state index is -0.965. The maximum atomic E-state index is 11.2. The molecule has 17 heavy (non-hydrogen) atoms. The molecule has 0 unspecified atom stereocenters. The van der Waals surface area contributed by atoms with Crippen LogP contribution in [0.15, 0.2) is 10.6 Å². The molecule has 0 aliphatic heterocycles. The van der Waals surface area contributed by atoms with E-state index in [0.29, 0.717) is 35.3 Å². The zero-order valence-electron chi connectivity index (χ0n) is 9.86. The summed E-state index contributed by atoms with van der Waals surface area (Å²) in [4.78, 5) is 15.5. The molecule has 0 saturated heterocycles. The highest BCUT2D eigenvalue weighted by Crippen LogP contribution is 2.23. The highest BCUT2D eigenvalue weighted by atomic mass is 16.5. The van der Waals surface area contributed by atoms with Crippen LogP contribution in [-0.4, -0.2) is 21.2 Å². The van der Waals surface area contributed by atoms with E-state index in [1.54, 1.807) is 6.07 Å². The number of pyridine rings is 1. The van der Waals surface area contributed by atoms with Gasteiger partial charge < -0.3 is 9.63 Å². The van der Waals surface area contributed by atoms with Crippen molar-refractivity contribution in [3.63, 3.8) is 0 Å². The van der Waals surface area contributed by atoms with Gasteiger partial charge in [0.05, 0.1) is 16.6 Å². The molecular weight excluding hydrogens is 220 g/mol. The van der Waals surface area contributed by atoms with Gasteiger partial charge >= 0.3 is 5.97 Å². The molecular formula is C12H14N2O3. The van der Waals surface area contributed by atoms with Crippen molar-refractivity contribution in [2.75, 3.05) is 0 Å². The van der Waals surface area contributed by atoms with Crippen LogP contribution in [0.3, 0.4) is 0 Å². The Morgan fingerprint density at radius 3 is 2.82 bits per heavy atom. The van der Waals surface area contributed by atoms with Crippen LogP contribution in [0.5, 0.6) is 0 Å². The van der Waals surface area contributed by atoms with E-state index >= 15 is 0 Å². The maximum Gasteiger partial charge on any atom is 0.336 e. The fourth-order valence-corrected chi connectivity index (χ4v) is 1.82. The minimum Gasteiger partial charge on any atom is -0.478 e. The molecule has 0 radical (unpaired) electrons. The number of rotatable bonds is 4. The van der Waals surface area contributed by atoms with Gasteiger partial charge in [-0.2, -0.15) is 0 Å². The van der Waals surface area contributed by atoms with Crippen molar-refractivity contribution in [3.05, 3.63) is 23.0 Å². The number of hydrogen-bond donors (Lipinski definition) is 1. The fourth-order valence-electron chi connectivity index (χ4n) is 1.82. The highest BCUT2D eigenvalue weighted by molar-refractivity contribution is 6.02. The number of aromatic carboxylic acids is 1. The molecule has 0 amide bonds. The quantitative estimate of drug-likeness (QED) is 0.879. The van der Waals surface area contributed by atoms with E-state index in [1.807, 2.05) is 13.8 Å². The van der Waals surface area contributed by atoms with Crippen molar-refractivity contribution in [2.45, 2.75) is 33.1 Å². The Morgan fingerprint density at radius 1 is 1.47 bits per heavy atom.